The monoisotopic (exact) mass is 292 g/mol. The van der Waals surface area contributed by atoms with Crippen LogP contribution in [0.2, 0.25) is 0 Å². The van der Waals surface area contributed by atoms with E-state index in [1.165, 1.54) is 13.2 Å². The third-order valence-electron chi connectivity index (χ3n) is 3.27. The number of fused-ring (bicyclic) bond motifs is 1. The van der Waals surface area contributed by atoms with Crippen molar-refractivity contribution in [2.75, 3.05) is 13.7 Å². The second kappa shape index (κ2) is 5.30. The van der Waals surface area contributed by atoms with Gasteiger partial charge in [0, 0.05) is 23.2 Å². The SMILES string of the molecule is COc1cc(-c2nc(=S)c3c([nH]2)CCOC3)ccc1F. The van der Waals surface area contributed by atoms with E-state index in [9.17, 15) is 4.39 Å². The van der Waals surface area contributed by atoms with Crippen LogP contribution in [0.5, 0.6) is 5.75 Å². The predicted molar refractivity (Wildman–Crippen MR) is 74.7 cm³/mol. The van der Waals surface area contributed by atoms with Gasteiger partial charge in [0.05, 0.1) is 20.3 Å². The Kier molecular flexibility index (Phi) is 3.50. The summed E-state index contributed by atoms with van der Waals surface area (Å²) in [7, 11) is 1.43. The molecule has 0 saturated heterocycles. The number of nitrogens with one attached hydrogen (secondary N) is 1. The van der Waals surface area contributed by atoms with Crippen LogP contribution in [0.3, 0.4) is 0 Å². The first-order valence-corrected chi connectivity index (χ1v) is 6.63. The summed E-state index contributed by atoms with van der Waals surface area (Å²) in [5, 5.41) is 0. The molecule has 0 aliphatic carbocycles. The highest BCUT2D eigenvalue weighted by molar-refractivity contribution is 7.71. The smallest absolute Gasteiger partial charge is 0.165 e. The van der Waals surface area contributed by atoms with Gasteiger partial charge in [-0.15, -0.1) is 0 Å². The molecule has 0 bridgehead atoms. The molecule has 2 aromatic rings. The average Bonchev–Trinajstić information content (AvgIpc) is 2.47. The van der Waals surface area contributed by atoms with Crippen LogP contribution < -0.4 is 4.74 Å². The first kappa shape index (κ1) is 13.2. The number of nitrogens with zero attached hydrogens (tertiary/aromatic N) is 1. The molecule has 6 heteroatoms. The first-order chi connectivity index (χ1) is 9.69. The standard InChI is InChI=1S/C14H13FN2O2S/c1-18-12-6-8(2-3-10(12)15)13-16-11-4-5-19-7-9(11)14(20)17-13/h2-3,6H,4-5,7H2,1H3,(H,16,17,20). The molecule has 3 rings (SSSR count). The molecule has 0 spiro atoms. The highest BCUT2D eigenvalue weighted by Crippen LogP contribution is 2.26. The van der Waals surface area contributed by atoms with Gasteiger partial charge in [0.1, 0.15) is 10.5 Å². The number of H-pyrrole nitrogens is 1. The Hall–Kier alpha value is -1.79. The number of rotatable bonds is 2. The highest BCUT2D eigenvalue weighted by atomic mass is 32.1. The summed E-state index contributed by atoms with van der Waals surface area (Å²) < 4.78 is 24.3. The van der Waals surface area contributed by atoms with Gasteiger partial charge in [-0.05, 0) is 18.2 Å². The normalized spacial score (nSPS) is 13.9. The number of hydrogen-bond donors (Lipinski definition) is 1. The van der Waals surface area contributed by atoms with Crippen LogP contribution in [-0.2, 0) is 17.8 Å². The lowest BCUT2D eigenvalue weighted by Crippen LogP contribution is -2.14. The number of ether oxygens (including phenoxy) is 2. The lowest BCUT2D eigenvalue weighted by Gasteiger charge is -2.17. The predicted octanol–water partition coefficient (Wildman–Crippen LogP) is 3.03. The van der Waals surface area contributed by atoms with Crippen molar-refractivity contribution in [3.8, 4) is 17.1 Å². The zero-order chi connectivity index (χ0) is 14.1. The first-order valence-electron chi connectivity index (χ1n) is 6.23. The van der Waals surface area contributed by atoms with Gasteiger partial charge >= 0.3 is 0 Å². The fourth-order valence-corrected chi connectivity index (χ4v) is 2.47. The Morgan fingerprint density at radius 2 is 2.30 bits per heavy atom. The third kappa shape index (κ3) is 2.32. The summed E-state index contributed by atoms with van der Waals surface area (Å²) in [6.07, 6.45) is 0.771. The van der Waals surface area contributed by atoms with Crippen LogP contribution in [0.1, 0.15) is 11.3 Å². The van der Waals surface area contributed by atoms with Crippen molar-refractivity contribution in [3.05, 3.63) is 39.9 Å². The van der Waals surface area contributed by atoms with E-state index in [-0.39, 0.29) is 5.75 Å². The largest absolute Gasteiger partial charge is 0.494 e. The number of halogens is 1. The van der Waals surface area contributed by atoms with Crippen molar-refractivity contribution >= 4 is 12.2 Å². The van der Waals surface area contributed by atoms with Crippen molar-refractivity contribution in [1.82, 2.24) is 9.97 Å². The van der Waals surface area contributed by atoms with Gasteiger partial charge in [-0.3, -0.25) is 0 Å². The van der Waals surface area contributed by atoms with E-state index in [1.807, 2.05) is 0 Å². The maximum absolute atomic E-state index is 13.4. The van der Waals surface area contributed by atoms with Gasteiger partial charge in [-0.1, -0.05) is 12.2 Å². The van der Waals surface area contributed by atoms with Gasteiger partial charge < -0.3 is 14.5 Å². The third-order valence-corrected chi connectivity index (χ3v) is 3.61. The fourth-order valence-electron chi connectivity index (χ4n) is 2.20. The van der Waals surface area contributed by atoms with Crippen molar-refractivity contribution in [2.45, 2.75) is 13.0 Å². The summed E-state index contributed by atoms with van der Waals surface area (Å²) in [4.78, 5) is 7.62. The van der Waals surface area contributed by atoms with E-state index < -0.39 is 5.82 Å². The van der Waals surface area contributed by atoms with Crippen molar-refractivity contribution in [1.29, 1.82) is 0 Å². The van der Waals surface area contributed by atoms with Crippen LogP contribution in [0, 0.1) is 10.5 Å². The van der Waals surface area contributed by atoms with E-state index in [1.54, 1.807) is 12.1 Å². The molecule has 0 saturated carbocycles. The molecule has 1 aromatic heterocycles. The van der Waals surface area contributed by atoms with E-state index in [2.05, 4.69) is 9.97 Å². The average molecular weight is 292 g/mol. The molecule has 0 radical (unpaired) electrons. The molecule has 0 atom stereocenters. The van der Waals surface area contributed by atoms with Gasteiger partial charge in [-0.2, -0.15) is 0 Å². The van der Waals surface area contributed by atoms with Crippen LogP contribution in [0.25, 0.3) is 11.4 Å². The maximum Gasteiger partial charge on any atom is 0.165 e. The minimum absolute atomic E-state index is 0.185. The molecule has 0 fully saturated rings. The molecule has 2 heterocycles. The Morgan fingerprint density at radius 1 is 1.45 bits per heavy atom. The Labute approximate surface area is 120 Å². The molecule has 104 valence electrons. The summed E-state index contributed by atoms with van der Waals surface area (Å²) >= 11 is 5.30. The molecule has 4 nitrogen and oxygen atoms in total. The van der Waals surface area contributed by atoms with Crippen LogP contribution in [0.15, 0.2) is 18.2 Å². The molecular formula is C14H13FN2O2S. The zero-order valence-corrected chi connectivity index (χ0v) is 11.7. The number of aromatic amines is 1. The minimum Gasteiger partial charge on any atom is -0.494 e. The quantitative estimate of drug-likeness (QED) is 0.864. The second-order valence-electron chi connectivity index (χ2n) is 4.50. The molecule has 20 heavy (non-hydrogen) atoms. The second-order valence-corrected chi connectivity index (χ2v) is 4.89. The van der Waals surface area contributed by atoms with E-state index in [4.69, 9.17) is 21.7 Å². The summed E-state index contributed by atoms with van der Waals surface area (Å²) in [5.74, 6) is 0.403. The van der Waals surface area contributed by atoms with Crippen LogP contribution in [0.4, 0.5) is 4.39 Å². The molecule has 0 unspecified atom stereocenters. The van der Waals surface area contributed by atoms with E-state index in [0.717, 1.165) is 23.2 Å². The zero-order valence-electron chi connectivity index (χ0n) is 10.9. The lowest BCUT2D eigenvalue weighted by molar-refractivity contribution is 0.108. The van der Waals surface area contributed by atoms with E-state index >= 15 is 0 Å². The molecule has 0 amide bonds. The number of hydrogen-bond acceptors (Lipinski definition) is 4. The number of aromatic nitrogens is 2. The van der Waals surface area contributed by atoms with Crippen LogP contribution in [-0.4, -0.2) is 23.7 Å². The molecule has 1 aromatic carbocycles. The summed E-state index contributed by atoms with van der Waals surface area (Å²) in [5.41, 5.74) is 2.71. The molecule has 1 aliphatic rings. The van der Waals surface area contributed by atoms with Crippen molar-refractivity contribution < 1.29 is 13.9 Å². The number of benzene rings is 1. The Bertz CT molecular complexity index is 715. The van der Waals surface area contributed by atoms with Crippen LogP contribution >= 0.6 is 12.2 Å². The summed E-state index contributed by atoms with van der Waals surface area (Å²) in [6, 6.07) is 4.61. The van der Waals surface area contributed by atoms with Crippen molar-refractivity contribution in [3.63, 3.8) is 0 Å². The van der Waals surface area contributed by atoms with Gasteiger partial charge in [0.15, 0.2) is 11.6 Å². The molecular weight excluding hydrogens is 279 g/mol. The fraction of sp³-hybridized carbons (Fsp3) is 0.286. The van der Waals surface area contributed by atoms with Gasteiger partial charge in [0.25, 0.3) is 0 Å². The maximum atomic E-state index is 13.4. The summed E-state index contributed by atoms with van der Waals surface area (Å²) in [6.45, 7) is 1.15. The molecule has 1 N–H and O–H groups in total. The Balaban J connectivity index is 2.11. The van der Waals surface area contributed by atoms with Crippen molar-refractivity contribution in [2.24, 2.45) is 0 Å². The molecule has 1 aliphatic heterocycles. The topological polar surface area (TPSA) is 47.1 Å². The number of methoxy groups -OCH3 is 1. The van der Waals surface area contributed by atoms with Gasteiger partial charge in [-0.25, -0.2) is 9.37 Å². The Morgan fingerprint density at radius 3 is 3.10 bits per heavy atom. The van der Waals surface area contributed by atoms with E-state index in [0.29, 0.717) is 23.7 Å². The van der Waals surface area contributed by atoms with Gasteiger partial charge in [0.2, 0.25) is 0 Å². The lowest BCUT2D eigenvalue weighted by atomic mass is 10.1. The highest BCUT2D eigenvalue weighted by Gasteiger charge is 2.15. The minimum atomic E-state index is -0.402.